The van der Waals surface area contributed by atoms with E-state index in [0.29, 0.717) is 5.56 Å². The van der Waals surface area contributed by atoms with Gasteiger partial charge in [0.05, 0.1) is 12.0 Å². The summed E-state index contributed by atoms with van der Waals surface area (Å²) in [7, 11) is 1.55. The number of carbonyl (C=O) groups is 3. The molecule has 1 fully saturated rings. The number of amides is 1. The van der Waals surface area contributed by atoms with E-state index in [-0.39, 0.29) is 23.7 Å². The molecule has 0 bridgehead atoms. The van der Waals surface area contributed by atoms with Crippen molar-refractivity contribution in [1.29, 1.82) is 0 Å². The first-order valence-corrected chi connectivity index (χ1v) is 5.12. The first-order valence-electron chi connectivity index (χ1n) is 5.12. The van der Waals surface area contributed by atoms with Crippen LogP contribution in [-0.2, 0) is 9.59 Å². The molecular formula is C12H11NO4. The van der Waals surface area contributed by atoms with Crippen LogP contribution in [-0.4, -0.2) is 34.7 Å². The van der Waals surface area contributed by atoms with Crippen molar-refractivity contribution in [3.8, 4) is 0 Å². The number of rotatable bonds is 2. The third kappa shape index (κ3) is 1.91. The van der Waals surface area contributed by atoms with E-state index in [9.17, 15) is 14.4 Å². The number of carboxylic acid groups (broad SMARTS) is 1. The summed E-state index contributed by atoms with van der Waals surface area (Å²) in [6.07, 6.45) is -0.113. The highest BCUT2D eigenvalue weighted by Gasteiger charge is 2.36. The molecule has 0 radical (unpaired) electrons. The highest BCUT2D eigenvalue weighted by atomic mass is 16.4. The van der Waals surface area contributed by atoms with Gasteiger partial charge in [0.2, 0.25) is 5.91 Å². The van der Waals surface area contributed by atoms with Crippen molar-refractivity contribution in [2.45, 2.75) is 12.5 Å². The van der Waals surface area contributed by atoms with Crippen molar-refractivity contribution < 1.29 is 19.5 Å². The van der Waals surface area contributed by atoms with Crippen molar-refractivity contribution in [1.82, 2.24) is 4.90 Å². The molecule has 1 saturated heterocycles. The number of Topliss-reactive ketones (excluding diaryl/α,β-unsaturated/α-hetero) is 1. The summed E-state index contributed by atoms with van der Waals surface area (Å²) < 4.78 is 0. The molecule has 5 nitrogen and oxygen atoms in total. The lowest BCUT2D eigenvalue weighted by molar-refractivity contribution is -0.127. The number of carboxylic acids is 1. The largest absolute Gasteiger partial charge is 0.478 e. The Bertz CT molecular complexity index is 509. The molecule has 88 valence electrons. The maximum absolute atomic E-state index is 11.7. The van der Waals surface area contributed by atoms with E-state index in [4.69, 9.17) is 5.11 Å². The molecule has 1 aromatic carbocycles. The molecule has 5 heteroatoms. The number of aromatic carboxylic acids is 1. The van der Waals surface area contributed by atoms with Crippen LogP contribution >= 0.6 is 0 Å². The predicted molar refractivity (Wildman–Crippen MR) is 58.5 cm³/mol. The van der Waals surface area contributed by atoms with Gasteiger partial charge >= 0.3 is 5.97 Å². The fraction of sp³-hybridized carbons (Fsp3) is 0.250. The average Bonchev–Trinajstić information content (AvgIpc) is 2.53. The molecule has 1 N–H and O–H groups in total. The van der Waals surface area contributed by atoms with Crippen LogP contribution in [0.2, 0.25) is 0 Å². The molecule has 0 spiro atoms. The van der Waals surface area contributed by atoms with Crippen molar-refractivity contribution in [3.05, 3.63) is 35.4 Å². The number of carbonyl (C=O) groups excluding carboxylic acids is 2. The van der Waals surface area contributed by atoms with Gasteiger partial charge in [-0.3, -0.25) is 9.59 Å². The highest BCUT2D eigenvalue weighted by Crippen LogP contribution is 2.28. The van der Waals surface area contributed by atoms with E-state index in [0.717, 1.165) is 0 Å². The van der Waals surface area contributed by atoms with Gasteiger partial charge in [-0.15, -0.1) is 0 Å². The second kappa shape index (κ2) is 4.01. The Labute approximate surface area is 97.7 Å². The monoisotopic (exact) mass is 233 g/mol. The molecular weight excluding hydrogens is 222 g/mol. The second-order valence-electron chi connectivity index (χ2n) is 3.98. The SMILES string of the molecule is CN1C(=O)CC(=O)C1c1cccc(C(=O)O)c1. The Morgan fingerprint density at radius 3 is 2.65 bits per heavy atom. The van der Waals surface area contributed by atoms with Crippen molar-refractivity contribution in [2.75, 3.05) is 7.05 Å². The first kappa shape index (κ1) is 11.3. The van der Waals surface area contributed by atoms with Crippen LogP contribution in [0.25, 0.3) is 0 Å². The maximum atomic E-state index is 11.7. The lowest BCUT2D eigenvalue weighted by Crippen LogP contribution is -2.24. The summed E-state index contributed by atoms with van der Waals surface area (Å²) in [5.74, 6) is -1.48. The Morgan fingerprint density at radius 2 is 2.12 bits per heavy atom. The van der Waals surface area contributed by atoms with Crippen LogP contribution in [0.5, 0.6) is 0 Å². The molecule has 0 aliphatic carbocycles. The lowest BCUT2D eigenvalue weighted by atomic mass is 10.0. The van der Waals surface area contributed by atoms with Crippen molar-refractivity contribution in [2.24, 2.45) is 0 Å². The van der Waals surface area contributed by atoms with Gasteiger partial charge < -0.3 is 10.0 Å². The molecule has 2 rings (SSSR count). The van der Waals surface area contributed by atoms with Gasteiger partial charge in [0.15, 0.2) is 5.78 Å². The Kier molecular flexibility index (Phi) is 2.67. The van der Waals surface area contributed by atoms with Gasteiger partial charge in [-0.05, 0) is 17.7 Å². The minimum absolute atomic E-state index is 0.113. The summed E-state index contributed by atoms with van der Waals surface area (Å²) in [5.41, 5.74) is 0.659. The highest BCUT2D eigenvalue weighted by molar-refractivity contribution is 6.07. The zero-order chi connectivity index (χ0) is 12.6. The zero-order valence-electron chi connectivity index (χ0n) is 9.21. The molecule has 1 aliphatic heterocycles. The minimum Gasteiger partial charge on any atom is -0.478 e. The van der Waals surface area contributed by atoms with E-state index < -0.39 is 12.0 Å². The van der Waals surface area contributed by atoms with Gasteiger partial charge in [0.1, 0.15) is 6.04 Å². The molecule has 1 atom stereocenters. The van der Waals surface area contributed by atoms with E-state index >= 15 is 0 Å². The number of nitrogens with zero attached hydrogens (tertiary/aromatic N) is 1. The summed E-state index contributed by atoms with van der Waals surface area (Å²) in [4.78, 5) is 35.2. The number of likely N-dealkylation sites (tertiary alicyclic amines) is 1. The van der Waals surface area contributed by atoms with E-state index in [1.165, 1.54) is 17.0 Å². The maximum Gasteiger partial charge on any atom is 0.335 e. The fourth-order valence-electron chi connectivity index (χ4n) is 1.98. The summed E-state index contributed by atoms with van der Waals surface area (Å²) in [6.45, 7) is 0. The van der Waals surface area contributed by atoms with Crippen LogP contribution < -0.4 is 0 Å². The number of likely N-dealkylation sites (N-methyl/N-ethyl adjacent to an activating group) is 1. The van der Waals surface area contributed by atoms with Crippen LogP contribution in [0.1, 0.15) is 28.4 Å². The van der Waals surface area contributed by atoms with Crippen LogP contribution in [0.4, 0.5) is 0 Å². The average molecular weight is 233 g/mol. The summed E-state index contributed by atoms with van der Waals surface area (Å²) in [5, 5.41) is 8.87. The molecule has 0 aromatic heterocycles. The third-order valence-electron chi connectivity index (χ3n) is 2.86. The predicted octanol–water partition coefficient (Wildman–Crippen LogP) is 0.857. The number of ketones is 1. The zero-order valence-corrected chi connectivity index (χ0v) is 9.21. The smallest absolute Gasteiger partial charge is 0.335 e. The normalized spacial score (nSPS) is 19.8. The third-order valence-corrected chi connectivity index (χ3v) is 2.86. The lowest BCUT2D eigenvalue weighted by Gasteiger charge is -2.18. The van der Waals surface area contributed by atoms with Gasteiger partial charge in [-0.25, -0.2) is 4.79 Å². The molecule has 1 unspecified atom stereocenters. The minimum atomic E-state index is -1.05. The fourth-order valence-corrected chi connectivity index (χ4v) is 1.98. The molecule has 1 aliphatic rings. The number of benzene rings is 1. The van der Waals surface area contributed by atoms with Crippen LogP contribution in [0, 0.1) is 0 Å². The van der Waals surface area contributed by atoms with Gasteiger partial charge in [-0.1, -0.05) is 12.1 Å². The van der Waals surface area contributed by atoms with E-state index in [2.05, 4.69) is 0 Å². The quantitative estimate of drug-likeness (QED) is 0.768. The standard InChI is InChI=1S/C12H11NO4/c1-13-10(15)6-9(14)11(13)7-3-2-4-8(5-7)12(16)17/h2-5,11H,6H2,1H3,(H,16,17). The molecule has 1 aromatic rings. The summed E-state index contributed by atoms with van der Waals surface area (Å²) in [6, 6.07) is 5.46. The molecule has 1 amide bonds. The van der Waals surface area contributed by atoms with Crippen molar-refractivity contribution >= 4 is 17.7 Å². The topological polar surface area (TPSA) is 74.7 Å². The molecule has 1 heterocycles. The Hall–Kier alpha value is -2.17. The van der Waals surface area contributed by atoms with Crippen molar-refractivity contribution in [3.63, 3.8) is 0 Å². The van der Waals surface area contributed by atoms with Gasteiger partial charge in [-0.2, -0.15) is 0 Å². The van der Waals surface area contributed by atoms with Gasteiger partial charge in [0.25, 0.3) is 0 Å². The molecule has 17 heavy (non-hydrogen) atoms. The second-order valence-corrected chi connectivity index (χ2v) is 3.98. The molecule has 0 saturated carbocycles. The Balaban J connectivity index is 2.40. The van der Waals surface area contributed by atoms with Crippen LogP contribution in [0.15, 0.2) is 24.3 Å². The van der Waals surface area contributed by atoms with E-state index in [1.54, 1.807) is 19.2 Å². The Morgan fingerprint density at radius 1 is 1.41 bits per heavy atom. The number of hydrogen-bond donors (Lipinski definition) is 1. The van der Waals surface area contributed by atoms with Gasteiger partial charge in [0, 0.05) is 7.05 Å². The summed E-state index contributed by atoms with van der Waals surface area (Å²) >= 11 is 0. The first-order chi connectivity index (χ1) is 8.00. The number of hydrogen-bond acceptors (Lipinski definition) is 3. The van der Waals surface area contributed by atoms with E-state index in [1.807, 2.05) is 0 Å². The van der Waals surface area contributed by atoms with Crippen LogP contribution in [0.3, 0.4) is 0 Å².